The lowest BCUT2D eigenvalue weighted by Gasteiger charge is -2.34. The zero-order chi connectivity index (χ0) is 25.6. The van der Waals surface area contributed by atoms with Crippen molar-refractivity contribution in [2.24, 2.45) is 0 Å². The van der Waals surface area contributed by atoms with E-state index in [0.29, 0.717) is 37.0 Å². The predicted octanol–water partition coefficient (Wildman–Crippen LogP) is 2.59. The Kier molecular flexibility index (Phi) is 7.87. The summed E-state index contributed by atoms with van der Waals surface area (Å²) in [5, 5.41) is 17.3. The molecule has 3 aromatic rings. The standard InChI is InChI=1S/C24H27N3O8S/c1-32-18-6-4-17(5-7-18)22-26-25-21(35-22)3-2-14-34-19-8-10-20(11-9-19)36(30,31)24(23(28)27-29)12-15-33-16-13-24/h4-11,29H,2-3,12-16H2,1H3,(H,27,28). The van der Waals surface area contributed by atoms with Gasteiger partial charge in [-0.05, 0) is 67.8 Å². The molecule has 0 radical (unpaired) electrons. The number of hydrogen-bond donors (Lipinski definition) is 2. The van der Waals surface area contributed by atoms with E-state index < -0.39 is 20.5 Å². The van der Waals surface area contributed by atoms with Crippen LogP contribution < -0.4 is 15.0 Å². The van der Waals surface area contributed by atoms with Crippen molar-refractivity contribution >= 4 is 15.7 Å². The minimum atomic E-state index is -4.08. The molecule has 0 aliphatic carbocycles. The van der Waals surface area contributed by atoms with Crippen molar-refractivity contribution < 1.29 is 37.0 Å². The van der Waals surface area contributed by atoms with Gasteiger partial charge in [-0.1, -0.05) is 0 Å². The summed E-state index contributed by atoms with van der Waals surface area (Å²) in [7, 11) is -2.48. The Bertz CT molecular complexity index is 1270. The van der Waals surface area contributed by atoms with Crippen molar-refractivity contribution in [2.45, 2.75) is 35.3 Å². The average Bonchev–Trinajstić information content (AvgIpc) is 3.40. The fraction of sp³-hybridized carbons (Fsp3) is 0.375. The third-order valence-electron chi connectivity index (χ3n) is 6.07. The zero-order valence-corrected chi connectivity index (χ0v) is 20.5. The van der Waals surface area contributed by atoms with Crippen LogP contribution in [0.2, 0.25) is 0 Å². The molecule has 1 amide bonds. The quantitative estimate of drug-likeness (QED) is 0.233. The molecule has 1 aromatic heterocycles. The number of nitrogens with zero attached hydrogens (tertiary/aromatic N) is 2. The van der Waals surface area contributed by atoms with E-state index in [4.69, 9.17) is 23.8 Å². The van der Waals surface area contributed by atoms with Crippen LogP contribution in [0.1, 0.15) is 25.2 Å². The molecule has 2 heterocycles. The van der Waals surface area contributed by atoms with Crippen LogP contribution >= 0.6 is 0 Å². The summed E-state index contributed by atoms with van der Waals surface area (Å²) in [5.41, 5.74) is 2.30. The number of carbonyl (C=O) groups excluding carboxylic acids is 1. The number of hydrogen-bond acceptors (Lipinski definition) is 10. The van der Waals surface area contributed by atoms with E-state index in [2.05, 4.69) is 10.2 Å². The second-order valence-electron chi connectivity index (χ2n) is 8.20. The molecule has 1 aliphatic rings. The Hall–Kier alpha value is -3.48. The van der Waals surface area contributed by atoms with E-state index in [-0.39, 0.29) is 31.0 Å². The molecule has 4 rings (SSSR count). The van der Waals surface area contributed by atoms with Crippen LogP contribution in [0.4, 0.5) is 0 Å². The number of aromatic nitrogens is 2. The third kappa shape index (κ3) is 5.20. The highest BCUT2D eigenvalue weighted by molar-refractivity contribution is 7.93. The normalized spacial score (nSPS) is 15.3. The van der Waals surface area contributed by atoms with Crippen molar-refractivity contribution in [3.63, 3.8) is 0 Å². The number of rotatable bonds is 10. The fourth-order valence-electron chi connectivity index (χ4n) is 3.98. The maximum absolute atomic E-state index is 13.3. The van der Waals surface area contributed by atoms with Crippen molar-refractivity contribution in [3.05, 3.63) is 54.4 Å². The zero-order valence-electron chi connectivity index (χ0n) is 19.7. The largest absolute Gasteiger partial charge is 0.497 e. The number of nitrogens with one attached hydrogen (secondary N) is 1. The van der Waals surface area contributed by atoms with Gasteiger partial charge in [0.05, 0.1) is 18.6 Å². The first-order valence-electron chi connectivity index (χ1n) is 11.4. The number of sulfone groups is 1. The van der Waals surface area contributed by atoms with Crippen LogP contribution in [-0.4, -0.2) is 61.4 Å². The molecule has 0 atom stereocenters. The Morgan fingerprint density at radius 2 is 1.72 bits per heavy atom. The lowest BCUT2D eigenvalue weighted by atomic mass is 9.98. The summed E-state index contributed by atoms with van der Waals surface area (Å²) in [6.45, 7) is 0.561. The number of amides is 1. The van der Waals surface area contributed by atoms with Crippen LogP contribution in [0.3, 0.4) is 0 Å². The average molecular weight is 518 g/mol. The Labute approximate surface area is 208 Å². The predicted molar refractivity (Wildman–Crippen MR) is 126 cm³/mol. The van der Waals surface area contributed by atoms with Gasteiger partial charge in [0.2, 0.25) is 11.8 Å². The van der Waals surface area contributed by atoms with Gasteiger partial charge in [-0.3, -0.25) is 10.0 Å². The number of benzene rings is 2. The second kappa shape index (κ2) is 11.1. The number of carbonyl (C=O) groups is 1. The van der Waals surface area contributed by atoms with E-state index >= 15 is 0 Å². The summed E-state index contributed by atoms with van der Waals surface area (Å²) >= 11 is 0. The Balaban J connectivity index is 1.32. The van der Waals surface area contributed by atoms with Crippen LogP contribution in [-0.2, 0) is 25.8 Å². The molecule has 11 nitrogen and oxygen atoms in total. The molecule has 36 heavy (non-hydrogen) atoms. The van der Waals surface area contributed by atoms with E-state index in [9.17, 15) is 13.2 Å². The molecule has 1 saturated heterocycles. The highest BCUT2D eigenvalue weighted by Gasteiger charge is 2.52. The first-order chi connectivity index (χ1) is 17.4. The number of methoxy groups -OCH3 is 1. The van der Waals surface area contributed by atoms with Gasteiger partial charge < -0.3 is 18.6 Å². The summed E-state index contributed by atoms with van der Waals surface area (Å²) in [6, 6.07) is 13.2. The SMILES string of the molecule is COc1ccc(-c2nnc(CCCOc3ccc(S(=O)(=O)C4(C(=O)NO)CCOCC4)cc3)o2)cc1. The first kappa shape index (κ1) is 25.6. The minimum absolute atomic E-state index is 0.0303. The fourth-order valence-corrected chi connectivity index (χ4v) is 5.92. The van der Waals surface area contributed by atoms with E-state index in [0.717, 1.165) is 11.3 Å². The smallest absolute Gasteiger partial charge is 0.265 e. The van der Waals surface area contributed by atoms with Gasteiger partial charge in [-0.15, -0.1) is 10.2 Å². The van der Waals surface area contributed by atoms with Gasteiger partial charge in [0.1, 0.15) is 11.5 Å². The minimum Gasteiger partial charge on any atom is -0.497 e. The summed E-state index contributed by atoms with van der Waals surface area (Å²) in [5.74, 6) is 1.16. The topological polar surface area (TPSA) is 150 Å². The van der Waals surface area contributed by atoms with Gasteiger partial charge in [-0.25, -0.2) is 13.9 Å². The molecule has 2 aromatic carbocycles. The van der Waals surface area contributed by atoms with Crippen LogP contribution in [0.25, 0.3) is 11.5 Å². The van der Waals surface area contributed by atoms with Gasteiger partial charge in [0, 0.05) is 25.2 Å². The molecule has 0 spiro atoms. The summed E-state index contributed by atoms with van der Waals surface area (Å²) in [6.07, 6.45) is 1.02. The highest BCUT2D eigenvalue weighted by atomic mass is 32.2. The van der Waals surface area contributed by atoms with Crippen molar-refractivity contribution in [1.29, 1.82) is 0 Å². The second-order valence-corrected chi connectivity index (χ2v) is 10.5. The molecule has 0 saturated carbocycles. The Morgan fingerprint density at radius 3 is 2.36 bits per heavy atom. The monoisotopic (exact) mass is 517 g/mol. The van der Waals surface area contributed by atoms with Crippen molar-refractivity contribution in [1.82, 2.24) is 15.7 Å². The van der Waals surface area contributed by atoms with Crippen molar-refractivity contribution in [3.8, 4) is 23.0 Å². The summed E-state index contributed by atoms with van der Waals surface area (Å²) < 4.78 is 46.6. The molecule has 0 unspecified atom stereocenters. The molecule has 1 aliphatic heterocycles. The number of aryl methyl sites for hydroxylation is 1. The highest BCUT2D eigenvalue weighted by Crippen LogP contribution is 2.35. The van der Waals surface area contributed by atoms with Gasteiger partial charge >= 0.3 is 0 Å². The lowest BCUT2D eigenvalue weighted by molar-refractivity contribution is -0.134. The van der Waals surface area contributed by atoms with Gasteiger partial charge in [-0.2, -0.15) is 0 Å². The molecular formula is C24H27N3O8S. The third-order valence-corrected chi connectivity index (χ3v) is 8.59. The van der Waals surface area contributed by atoms with E-state index in [1.807, 2.05) is 24.3 Å². The molecular weight excluding hydrogens is 490 g/mol. The molecule has 192 valence electrons. The van der Waals surface area contributed by atoms with Crippen LogP contribution in [0.5, 0.6) is 11.5 Å². The molecule has 0 bridgehead atoms. The first-order valence-corrected chi connectivity index (χ1v) is 12.8. The van der Waals surface area contributed by atoms with E-state index in [1.165, 1.54) is 29.7 Å². The molecule has 12 heteroatoms. The van der Waals surface area contributed by atoms with Crippen LogP contribution in [0.15, 0.2) is 57.8 Å². The van der Waals surface area contributed by atoms with E-state index in [1.54, 1.807) is 7.11 Å². The number of ether oxygens (including phenoxy) is 3. The van der Waals surface area contributed by atoms with Crippen LogP contribution in [0, 0.1) is 0 Å². The Morgan fingerprint density at radius 1 is 1.06 bits per heavy atom. The van der Waals surface area contributed by atoms with Crippen molar-refractivity contribution in [2.75, 3.05) is 26.9 Å². The maximum Gasteiger partial charge on any atom is 0.265 e. The van der Waals surface area contributed by atoms with Gasteiger partial charge in [0.15, 0.2) is 14.6 Å². The lowest BCUT2D eigenvalue weighted by Crippen LogP contribution is -2.54. The number of hydroxylamine groups is 1. The maximum atomic E-state index is 13.3. The molecule has 2 N–H and O–H groups in total. The molecule has 1 fully saturated rings. The van der Waals surface area contributed by atoms with Gasteiger partial charge in [0.25, 0.3) is 5.91 Å². The summed E-state index contributed by atoms with van der Waals surface area (Å²) in [4.78, 5) is 12.3.